The number of phenolic OH excluding ortho intramolecular Hbond substituents is 1. The Labute approximate surface area is 147 Å². The van der Waals surface area contributed by atoms with Gasteiger partial charge >= 0.3 is 0 Å². The molecule has 0 radical (unpaired) electrons. The smallest absolute Gasteiger partial charge is 0.194 e. The number of anilines is 4. The maximum absolute atomic E-state index is 8.89. The number of phenols is 1. The van der Waals surface area contributed by atoms with Crippen LogP contribution < -0.4 is 27.7 Å². The SMILES string of the molecule is CC(O)Oc1ccc(N)cc1N.Cl.Cl.Nc1ccc(O)c(N)c1. The summed E-state index contributed by atoms with van der Waals surface area (Å²) in [6, 6.07) is 9.43. The number of aliphatic hydroxyl groups excluding tert-OH is 1. The molecular weight excluding hydrogens is 343 g/mol. The van der Waals surface area contributed by atoms with E-state index in [4.69, 9.17) is 37.9 Å². The van der Waals surface area contributed by atoms with Crippen LogP contribution >= 0.6 is 24.8 Å². The van der Waals surface area contributed by atoms with Gasteiger partial charge in [-0.25, -0.2) is 0 Å². The second kappa shape index (κ2) is 10.5. The molecule has 7 nitrogen and oxygen atoms in total. The number of ether oxygens (including phenoxy) is 1. The summed E-state index contributed by atoms with van der Waals surface area (Å²) in [6.07, 6.45) is -0.865. The summed E-state index contributed by atoms with van der Waals surface area (Å²) in [7, 11) is 0. The summed E-state index contributed by atoms with van der Waals surface area (Å²) in [5.41, 5.74) is 23.5. The maximum Gasteiger partial charge on any atom is 0.194 e. The molecule has 2 aromatic carbocycles. The Kier molecular flexibility index (Phi) is 10.5. The predicted molar refractivity (Wildman–Crippen MR) is 99.0 cm³/mol. The molecule has 2 rings (SSSR count). The quantitative estimate of drug-likeness (QED) is 0.206. The second-order valence-corrected chi connectivity index (χ2v) is 4.33. The Balaban J connectivity index is 0. The molecule has 0 fully saturated rings. The summed E-state index contributed by atoms with van der Waals surface area (Å²) in [5, 5.41) is 17.8. The van der Waals surface area contributed by atoms with Gasteiger partial charge in [-0.3, -0.25) is 0 Å². The van der Waals surface area contributed by atoms with Crippen LogP contribution in [0.2, 0.25) is 0 Å². The Morgan fingerprint density at radius 2 is 1.35 bits per heavy atom. The number of hydrogen-bond donors (Lipinski definition) is 6. The first-order valence-electron chi connectivity index (χ1n) is 6.13. The molecule has 0 spiro atoms. The van der Waals surface area contributed by atoms with Gasteiger partial charge in [-0.05, 0) is 43.3 Å². The lowest BCUT2D eigenvalue weighted by Crippen LogP contribution is -2.10. The molecule has 0 amide bonds. The zero-order valence-electron chi connectivity index (χ0n) is 12.5. The highest BCUT2D eigenvalue weighted by Gasteiger charge is 2.02. The van der Waals surface area contributed by atoms with Crippen molar-refractivity contribution in [3.63, 3.8) is 0 Å². The van der Waals surface area contributed by atoms with E-state index in [0.29, 0.717) is 28.5 Å². The van der Waals surface area contributed by atoms with Crippen LogP contribution in [0.25, 0.3) is 0 Å². The highest BCUT2D eigenvalue weighted by Crippen LogP contribution is 2.24. The summed E-state index contributed by atoms with van der Waals surface area (Å²) >= 11 is 0. The van der Waals surface area contributed by atoms with Gasteiger partial charge < -0.3 is 37.9 Å². The summed E-state index contributed by atoms with van der Waals surface area (Å²) in [5.74, 6) is 0.517. The molecule has 0 aliphatic carbocycles. The van der Waals surface area contributed by atoms with Crippen LogP contribution in [0.5, 0.6) is 11.5 Å². The van der Waals surface area contributed by atoms with E-state index in [-0.39, 0.29) is 30.6 Å². The summed E-state index contributed by atoms with van der Waals surface area (Å²) < 4.78 is 4.97. The fourth-order valence-corrected chi connectivity index (χ4v) is 1.43. The standard InChI is InChI=1S/C8H12N2O2.C6H8N2O.2ClH/c1-5(11)12-8-3-2-6(9)4-7(8)10;7-4-1-2-6(9)5(8)3-4;;/h2-5,11H,9-10H2,1H3;1-3,9H,7-8H2;2*1H. The highest BCUT2D eigenvalue weighted by atomic mass is 35.5. The van der Waals surface area contributed by atoms with Crippen molar-refractivity contribution in [1.29, 1.82) is 0 Å². The molecule has 2 aromatic rings. The number of hydrogen-bond acceptors (Lipinski definition) is 7. The first kappa shape index (κ1) is 23.1. The molecule has 23 heavy (non-hydrogen) atoms. The van der Waals surface area contributed by atoms with Crippen LogP contribution in [0.15, 0.2) is 36.4 Å². The van der Waals surface area contributed by atoms with Crippen LogP contribution in [0.1, 0.15) is 6.92 Å². The lowest BCUT2D eigenvalue weighted by molar-refractivity contribution is 0.000282. The van der Waals surface area contributed by atoms with Crippen molar-refractivity contribution in [3.05, 3.63) is 36.4 Å². The van der Waals surface area contributed by atoms with Crippen LogP contribution in [0.4, 0.5) is 22.7 Å². The number of halogens is 2. The Hall–Kier alpha value is -2.22. The number of nitrogens with two attached hydrogens (primary N) is 4. The monoisotopic (exact) mass is 364 g/mol. The number of aromatic hydroxyl groups is 1. The van der Waals surface area contributed by atoms with Crippen molar-refractivity contribution in [2.75, 3.05) is 22.9 Å². The van der Waals surface area contributed by atoms with Gasteiger partial charge in [0.05, 0.1) is 11.4 Å². The number of rotatable bonds is 2. The largest absolute Gasteiger partial charge is 0.506 e. The Morgan fingerprint density at radius 1 is 0.870 bits per heavy atom. The van der Waals surface area contributed by atoms with Crippen LogP contribution in [-0.4, -0.2) is 16.5 Å². The average Bonchev–Trinajstić information content (AvgIpc) is 2.38. The molecule has 0 saturated carbocycles. The minimum Gasteiger partial charge on any atom is -0.506 e. The molecule has 0 aromatic heterocycles. The fraction of sp³-hybridized carbons (Fsp3) is 0.143. The van der Waals surface area contributed by atoms with Gasteiger partial charge in [0.25, 0.3) is 0 Å². The predicted octanol–water partition coefficient (Wildman–Crippen LogP) is 1.97. The molecule has 1 atom stereocenters. The molecule has 10 N–H and O–H groups in total. The van der Waals surface area contributed by atoms with Crippen LogP contribution in [-0.2, 0) is 0 Å². The molecule has 1 unspecified atom stereocenters. The second-order valence-electron chi connectivity index (χ2n) is 4.33. The first-order valence-corrected chi connectivity index (χ1v) is 6.13. The lowest BCUT2D eigenvalue weighted by atomic mass is 10.2. The van der Waals surface area contributed by atoms with Gasteiger partial charge in [-0.1, -0.05) is 0 Å². The third-order valence-electron chi connectivity index (χ3n) is 2.38. The Bertz CT molecular complexity index is 613. The molecule has 130 valence electrons. The van der Waals surface area contributed by atoms with E-state index in [1.54, 1.807) is 24.3 Å². The van der Waals surface area contributed by atoms with Crippen LogP contribution in [0, 0.1) is 0 Å². The number of benzene rings is 2. The number of nitrogen functional groups attached to an aromatic ring is 4. The van der Waals surface area contributed by atoms with Gasteiger partial charge in [0, 0.05) is 11.4 Å². The minimum absolute atomic E-state index is 0. The van der Waals surface area contributed by atoms with Crippen molar-refractivity contribution in [1.82, 2.24) is 0 Å². The fourth-order valence-electron chi connectivity index (χ4n) is 1.43. The number of aliphatic hydroxyl groups is 1. The minimum atomic E-state index is -0.865. The van der Waals surface area contributed by atoms with E-state index in [9.17, 15) is 0 Å². The van der Waals surface area contributed by atoms with E-state index in [1.165, 1.54) is 19.1 Å². The molecule has 0 saturated heterocycles. The van der Waals surface area contributed by atoms with Gasteiger partial charge in [0.2, 0.25) is 0 Å². The zero-order valence-corrected chi connectivity index (χ0v) is 14.1. The van der Waals surface area contributed by atoms with Gasteiger partial charge in [0.15, 0.2) is 6.29 Å². The van der Waals surface area contributed by atoms with Crippen molar-refractivity contribution in [3.8, 4) is 11.5 Å². The normalized spacial score (nSPS) is 10.2. The van der Waals surface area contributed by atoms with Crippen molar-refractivity contribution in [2.45, 2.75) is 13.2 Å². The first-order chi connectivity index (χ1) is 9.79. The third kappa shape index (κ3) is 8.10. The molecule has 0 aliphatic rings. The maximum atomic E-state index is 8.89. The molecular formula is C14H22Cl2N4O3. The van der Waals surface area contributed by atoms with E-state index in [1.807, 2.05) is 0 Å². The lowest BCUT2D eigenvalue weighted by Gasteiger charge is -2.10. The van der Waals surface area contributed by atoms with Crippen molar-refractivity contribution < 1.29 is 14.9 Å². The van der Waals surface area contributed by atoms with Gasteiger partial charge in [-0.15, -0.1) is 24.8 Å². The molecule has 0 bridgehead atoms. The average molecular weight is 365 g/mol. The van der Waals surface area contributed by atoms with Crippen LogP contribution in [0.3, 0.4) is 0 Å². The van der Waals surface area contributed by atoms with Crippen molar-refractivity contribution in [2.24, 2.45) is 0 Å². The van der Waals surface area contributed by atoms with Gasteiger partial charge in [-0.2, -0.15) is 0 Å². The van der Waals surface area contributed by atoms with Gasteiger partial charge in [0.1, 0.15) is 11.5 Å². The molecule has 0 aliphatic heterocycles. The van der Waals surface area contributed by atoms with Crippen molar-refractivity contribution >= 4 is 47.6 Å². The topological polar surface area (TPSA) is 154 Å². The van der Waals surface area contributed by atoms with E-state index < -0.39 is 6.29 Å². The van der Waals surface area contributed by atoms with E-state index >= 15 is 0 Å². The van der Waals surface area contributed by atoms with E-state index in [2.05, 4.69) is 0 Å². The third-order valence-corrected chi connectivity index (χ3v) is 2.38. The molecule has 0 heterocycles. The van der Waals surface area contributed by atoms with E-state index in [0.717, 1.165) is 0 Å². The zero-order chi connectivity index (χ0) is 16.0. The summed E-state index contributed by atoms with van der Waals surface area (Å²) in [4.78, 5) is 0. The highest BCUT2D eigenvalue weighted by molar-refractivity contribution is 5.85. The summed E-state index contributed by atoms with van der Waals surface area (Å²) in [6.45, 7) is 1.51. The molecule has 9 heteroatoms. The Morgan fingerprint density at radius 3 is 1.74 bits per heavy atom.